The highest BCUT2D eigenvalue weighted by Gasteiger charge is 2.21. The monoisotopic (exact) mass is 307 g/mol. The van der Waals surface area contributed by atoms with E-state index in [1.807, 2.05) is 19.1 Å². The van der Waals surface area contributed by atoms with E-state index in [0.29, 0.717) is 0 Å². The zero-order valence-electron chi connectivity index (χ0n) is 14.2. The maximum absolute atomic E-state index is 12.0. The van der Waals surface area contributed by atoms with Crippen molar-refractivity contribution in [3.8, 4) is 5.75 Å². The van der Waals surface area contributed by atoms with Gasteiger partial charge in [0.15, 0.2) is 0 Å². The molecule has 0 aliphatic heterocycles. The number of carbonyl (C=O) groups excluding carboxylic acids is 2. The lowest BCUT2D eigenvalue weighted by Gasteiger charge is -2.24. The molecule has 0 bridgehead atoms. The Kier molecular flexibility index (Phi) is 5.97. The molecule has 1 rings (SSSR count). The summed E-state index contributed by atoms with van der Waals surface area (Å²) in [4.78, 5) is 23.0. The molecule has 0 saturated carbocycles. The Balaban J connectivity index is 2.96. The van der Waals surface area contributed by atoms with E-state index in [1.165, 1.54) is 7.11 Å². The molecule has 1 aromatic carbocycles. The molecule has 1 aromatic rings. The van der Waals surface area contributed by atoms with Crippen LogP contribution in [0.4, 0.5) is 5.69 Å². The fourth-order valence-corrected chi connectivity index (χ4v) is 2.10. The lowest BCUT2D eigenvalue weighted by atomic mass is 9.85. The molecule has 5 heteroatoms. The summed E-state index contributed by atoms with van der Waals surface area (Å²) < 4.78 is 9.97. The Labute approximate surface area is 132 Å². The van der Waals surface area contributed by atoms with Crippen LogP contribution in [0, 0.1) is 6.92 Å². The molecular formula is C17H25NO4. The SMILES string of the molecule is COC(=O)CCC(=O)Nc1cc(C(C)(C)C)c(OC)cc1C. The predicted molar refractivity (Wildman–Crippen MR) is 86.3 cm³/mol. The zero-order chi connectivity index (χ0) is 16.9. The quantitative estimate of drug-likeness (QED) is 0.848. The van der Waals surface area contributed by atoms with Crippen LogP contribution in [-0.2, 0) is 19.7 Å². The van der Waals surface area contributed by atoms with Gasteiger partial charge in [-0.15, -0.1) is 0 Å². The van der Waals surface area contributed by atoms with E-state index in [1.54, 1.807) is 7.11 Å². The number of anilines is 1. The second-order valence-electron chi connectivity index (χ2n) is 6.24. The molecule has 0 atom stereocenters. The van der Waals surface area contributed by atoms with E-state index in [-0.39, 0.29) is 24.2 Å². The molecule has 0 heterocycles. The predicted octanol–water partition coefficient (Wildman–Crippen LogP) is 3.19. The van der Waals surface area contributed by atoms with E-state index >= 15 is 0 Å². The van der Waals surface area contributed by atoms with Crippen molar-refractivity contribution in [2.75, 3.05) is 19.5 Å². The number of carbonyl (C=O) groups is 2. The van der Waals surface area contributed by atoms with Gasteiger partial charge in [-0.1, -0.05) is 20.8 Å². The number of amides is 1. The summed E-state index contributed by atoms with van der Waals surface area (Å²) in [6.07, 6.45) is 0.173. The Hall–Kier alpha value is -2.04. The average molecular weight is 307 g/mol. The summed E-state index contributed by atoms with van der Waals surface area (Å²) in [5.41, 5.74) is 2.56. The maximum atomic E-state index is 12.0. The van der Waals surface area contributed by atoms with Crippen molar-refractivity contribution in [2.45, 2.75) is 46.0 Å². The van der Waals surface area contributed by atoms with Crippen LogP contribution in [0.15, 0.2) is 12.1 Å². The van der Waals surface area contributed by atoms with E-state index in [4.69, 9.17) is 4.74 Å². The molecule has 122 valence electrons. The fraction of sp³-hybridized carbons (Fsp3) is 0.529. The van der Waals surface area contributed by atoms with Crippen LogP contribution >= 0.6 is 0 Å². The number of hydrogen-bond donors (Lipinski definition) is 1. The molecule has 1 N–H and O–H groups in total. The number of ether oxygens (including phenoxy) is 2. The molecule has 5 nitrogen and oxygen atoms in total. The van der Waals surface area contributed by atoms with Gasteiger partial charge < -0.3 is 14.8 Å². The summed E-state index contributed by atoms with van der Waals surface area (Å²) >= 11 is 0. The van der Waals surface area contributed by atoms with Crippen LogP contribution in [0.25, 0.3) is 0 Å². The van der Waals surface area contributed by atoms with Gasteiger partial charge in [0.25, 0.3) is 0 Å². The maximum Gasteiger partial charge on any atom is 0.306 e. The van der Waals surface area contributed by atoms with Crippen molar-refractivity contribution in [1.82, 2.24) is 0 Å². The topological polar surface area (TPSA) is 64.6 Å². The first-order valence-corrected chi connectivity index (χ1v) is 7.24. The van der Waals surface area contributed by atoms with Gasteiger partial charge in [-0.3, -0.25) is 9.59 Å². The largest absolute Gasteiger partial charge is 0.496 e. The molecular weight excluding hydrogens is 282 g/mol. The number of esters is 1. The second-order valence-corrected chi connectivity index (χ2v) is 6.24. The fourth-order valence-electron chi connectivity index (χ4n) is 2.10. The third-order valence-corrected chi connectivity index (χ3v) is 3.41. The Morgan fingerprint density at radius 2 is 1.77 bits per heavy atom. The normalized spacial score (nSPS) is 11.0. The van der Waals surface area contributed by atoms with Gasteiger partial charge in [0, 0.05) is 17.7 Å². The van der Waals surface area contributed by atoms with Crippen LogP contribution in [0.5, 0.6) is 5.75 Å². The van der Waals surface area contributed by atoms with Crippen molar-refractivity contribution in [1.29, 1.82) is 0 Å². The first kappa shape index (κ1) is 18.0. The lowest BCUT2D eigenvalue weighted by Crippen LogP contribution is -2.17. The van der Waals surface area contributed by atoms with Gasteiger partial charge in [0.05, 0.1) is 20.6 Å². The van der Waals surface area contributed by atoms with Crippen molar-refractivity contribution in [3.63, 3.8) is 0 Å². The first-order valence-electron chi connectivity index (χ1n) is 7.24. The van der Waals surface area contributed by atoms with Crippen molar-refractivity contribution in [2.24, 2.45) is 0 Å². The van der Waals surface area contributed by atoms with Gasteiger partial charge >= 0.3 is 5.97 Å². The van der Waals surface area contributed by atoms with Crippen LogP contribution in [0.1, 0.15) is 44.7 Å². The first-order chi connectivity index (χ1) is 10.2. The number of methoxy groups -OCH3 is 2. The lowest BCUT2D eigenvalue weighted by molar-refractivity contribution is -0.141. The van der Waals surface area contributed by atoms with Crippen LogP contribution < -0.4 is 10.1 Å². The molecule has 0 radical (unpaired) electrons. The highest BCUT2D eigenvalue weighted by atomic mass is 16.5. The molecule has 0 aliphatic carbocycles. The third-order valence-electron chi connectivity index (χ3n) is 3.41. The van der Waals surface area contributed by atoms with Crippen LogP contribution in [0.3, 0.4) is 0 Å². The second kappa shape index (κ2) is 7.29. The van der Waals surface area contributed by atoms with Crippen molar-refractivity contribution < 1.29 is 19.1 Å². The van der Waals surface area contributed by atoms with E-state index in [0.717, 1.165) is 22.6 Å². The van der Waals surface area contributed by atoms with Crippen molar-refractivity contribution >= 4 is 17.6 Å². The van der Waals surface area contributed by atoms with Crippen LogP contribution in [-0.4, -0.2) is 26.1 Å². The van der Waals surface area contributed by atoms with Crippen LogP contribution in [0.2, 0.25) is 0 Å². The smallest absolute Gasteiger partial charge is 0.306 e. The minimum Gasteiger partial charge on any atom is -0.496 e. The summed E-state index contributed by atoms with van der Waals surface area (Å²) in [5.74, 6) is 0.202. The zero-order valence-corrected chi connectivity index (χ0v) is 14.2. The average Bonchev–Trinajstić information content (AvgIpc) is 2.45. The van der Waals surface area contributed by atoms with Gasteiger partial charge in [-0.2, -0.15) is 0 Å². The molecule has 1 amide bonds. The minimum atomic E-state index is -0.392. The highest BCUT2D eigenvalue weighted by Crippen LogP contribution is 2.35. The summed E-state index contributed by atoms with van der Waals surface area (Å²) in [7, 11) is 2.95. The van der Waals surface area contributed by atoms with Crippen molar-refractivity contribution in [3.05, 3.63) is 23.3 Å². The number of aryl methyl sites for hydroxylation is 1. The Morgan fingerprint density at radius 3 is 2.27 bits per heavy atom. The highest BCUT2D eigenvalue weighted by molar-refractivity contribution is 5.93. The van der Waals surface area contributed by atoms with E-state index < -0.39 is 5.97 Å². The number of hydrogen-bond acceptors (Lipinski definition) is 4. The Morgan fingerprint density at radius 1 is 1.14 bits per heavy atom. The summed E-state index contributed by atoms with van der Waals surface area (Å²) in [6.45, 7) is 8.17. The summed E-state index contributed by atoms with van der Waals surface area (Å²) in [5, 5.41) is 2.85. The Bertz CT molecular complexity index is 559. The number of benzene rings is 1. The molecule has 0 aromatic heterocycles. The molecule has 0 fully saturated rings. The molecule has 0 aliphatic rings. The standard InChI is InChI=1S/C17H25NO4/c1-11-9-14(21-5)12(17(2,3)4)10-13(11)18-15(19)7-8-16(20)22-6/h9-10H,7-8H2,1-6H3,(H,18,19). The third kappa shape index (κ3) is 4.76. The molecule has 0 unspecified atom stereocenters. The molecule has 0 saturated heterocycles. The minimum absolute atomic E-state index is 0.0731. The molecule has 22 heavy (non-hydrogen) atoms. The summed E-state index contributed by atoms with van der Waals surface area (Å²) in [6, 6.07) is 3.85. The van der Waals surface area contributed by atoms with Gasteiger partial charge in [-0.05, 0) is 30.0 Å². The van der Waals surface area contributed by atoms with E-state index in [2.05, 4.69) is 30.8 Å². The van der Waals surface area contributed by atoms with Gasteiger partial charge in [0.2, 0.25) is 5.91 Å². The van der Waals surface area contributed by atoms with E-state index in [9.17, 15) is 9.59 Å². The molecule has 0 spiro atoms. The van der Waals surface area contributed by atoms with Gasteiger partial charge in [0.1, 0.15) is 5.75 Å². The number of nitrogens with one attached hydrogen (secondary N) is 1. The number of rotatable bonds is 5. The van der Waals surface area contributed by atoms with Gasteiger partial charge in [-0.25, -0.2) is 0 Å².